The van der Waals surface area contributed by atoms with Crippen LogP contribution in [0, 0.1) is 13.8 Å². The molecular formula is C26H28N2O5S. The summed E-state index contributed by atoms with van der Waals surface area (Å²) in [6.45, 7) is 5.48. The summed E-state index contributed by atoms with van der Waals surface area (Å²) < 4.78 is 39.8. The number of nitrogens with one attached hydrogen (secondary N) is 1. The van der Waals surface area contributed by atoms with Crippen LogP contribution in [0.1, 0.15) is 29.7 Å². The maximum absolute atomic E-state index is 13.6. The number of rotatable bonds is 6. The molecule has 1 amide bonds. The van der Waals surface area contributed by atoms with E-state index in [1.54, 1.807) is 43.5 Å². The van der Waals surface area contributed by atoms with Crippen molar-refractivity contribution in [1.29, 1.82) is 0 Å². The molecular weight excluding hydrogens is 452 g/mol. The van der Waals surface area contributed by atoms with Crippen molar-refractivity contribution in [1.82, 2.24) is 5.32 Å². The summed E-state index contributed by atoms with van der Waals surface area (Å²) in [6.07, 6.45) is -1.02. The van der Waals surface area contributed by atoms with E-state index in [1.165, 1.54) is 4.31 Å². The lowest BCUT2D eigenvalue weighted by molar-refractivity contribution is -0.128. The van der Waals surface area contributed by atoms with E-state index >= 15 is 0 Å². The molecule has 0 aliphatic carbocycles. The molecule has 3 aromatic rings. The van der Waals surface area contributed by atoms with E-state index in [-0.39, 0.29) is 17.5 Å². The molecule has 7 nitrogen and oxygen atoms in total. The molecule has 0 unspecified atom stereocenters. The van der Waals surface area contributed by atoms with Crippen molar-refractivity contribution in [2.45, 2.75) is 37.8 Å². The fourth-order valence-electron chi connectivity index (χ4n) is 3.97. The van der Waals surface area contributed by atoms with Crippen LogP contribution in [0.5, 0.6) is 11.5 Å². The second-order valence-electron chi connectivity index (χ2n) is 8.40. The van der Waals surface area contributed by atoms with Gasteiger partial charge in [0.1, 0.15) is 11.5 Å². The maximum Gasteiger partial charge on any atom is 0.264 e. The maximum atomic E-state index is 13.6. The molecule has 1 heterocycles. The first-order chi connectivity index (χ1) is 16.2. The van der Waals surface area contributed by atoms with Crippen LogP contribution < -0.4 is 19.1 Å². The zero-order valence-corrected chi connectivity index (χ0v) is 20.4. The molecule has 178 valence electrons. The molecule has 0 bridgehead atoms. The summed E-state index contributed by atoms with van der Waals surface area (Å²) in [4.78, 5) is 13.4. The van der Waals surface area contributed by atoms with Crippen LogP contribution in [0.2, 0.25) is 0 Å². The highest BCUT2D eigenvalue weighted by Crippen LogP contribution is 2.38. The quantitative estimate of drug-likeness (QED) is 0.573. The number of carbonyl (C=O) groups is 1. The number of para-hydroxylation sites is 1. The van der Waals surface area contributed by atoms with Crippen LogP contribution in [0.4, 0.5) is 5.69 Å². The third-order valence-electron chi connectivity index (χ3n) is 5.85. The van der Waals surface area contributed by atoms with Crippen LogP contribution in [0.15, 0.2) is 71.6 Å². The predicted octanol–water partition coefficient (Wildman–Crippen LogP) is 4.15. The second kappa shape index (κ2) is 9.38. The van der Waals surface area contributed by atoms with Gasteiger partial charge < -0.3 is 14.8 Å². The monoisotopic (exact) mass is 480 g/mol. The number of nitrogens with zero attached hydrogens (tertiary/aromatic N) is 1. The largest absolute Gasteiger partial charge is 0.496 e. The molecule has 0 saturated carbocycles. The standard InChI is InChI=1S/C26H28N2O5S/c1-17-9-12-20(13-10-17)34(30,31)28-16-25(33-24-15-18(2)11-14-22(24)28)26(29)27-19(3)21-7-5-6-8-23(21)32-4/h5-15,19,25H,16H2,1-4H3,(H,27,29)/t19-,25-/m0/s1. The third-order valence-corrected chi connectivity index (χ3v) is 7.64. The van der Waals surface area contributed by atoms with Gasteiger partial charge in [-0.15, -0.1) is 0 Å². The fraction of sp³-hybridized carbons (Fsp3) is 0.269. The Morgan fingerprint density at radius 3 is 2.44 bits per heavy atom. The number of hydrogen-bond donors (Lipinski definition) is 1. The predicted molar refractivity (Wildman–Crippen MR) is 131 cm³/mol. The summed E-state index contributed by atoms with van der Waals surface area (Å²) in [5.41, 5.74) is 3.08. The van der Waals surface area contributed by atoms with Crippen molar-refractivity contribution in [2.75, 3.05) is 18.0 Å². The van der Waals surface area contributed by atoms with Gasteiger partial charge in [-0.05, 0) is 56.7 Å². The van der Waals surface area contributed by atoms with Gasteiger partial charge in [0.2, 0.25) is 0 Å². The first-order valence-electron chi connectivity index (χ1n) is 11.0. The highest BCUT2D eigenvalue weighted by molar-refractivity contribution is 7.92. The lowest BCUT2D eigenvalue weighted by atomic mass is 10.1. The van der Waals surface area contributed by atoms with Crippen molar-refractivity contribution in [3.8, 4) is 11.5 Å². The van der Waals surface area contributed by atoms with E-state index in [9.17, 15) is 13.2 Å². The Balaban J connectivity index is 1.65. The Hall–Kier alpha value is -3.52. The van der Waals surface area contributed by atoms with E-state index < -0.39 is 22.0 Å². The summed E-state index contributed by atoms with van der Waals surface area (Å²) in [5, 5.41) is 2.94. The Morgan fingerprint density at radius 1 is 1.06 bits per heavy atom. The van der Waals surface area contributed by atoms with Gasteiger partial charge in [-0.3, -0.25) is 9.10 Å². The Morgan fingerprint density at radius 2 is 1.74 bits per heavy atom. The normalized spacial score (nSPS) is 16.2. The number of ether oxygens (including phenoxy) is 2. The molecule has 1 aliphatic heterocycles. The zero-order chi connectivity index (χ0) is 24.5. The molecule has 1 N–H and O–H groups in total. The van der Waals surface area contributed by atoms with E-state index in [0.29, 0.717) is 17.2 Å². The number of benzene rings is 3. The highest BCUT2D eigenvalue weighted by atomic mass is 32.2. The number of hydrogen-bond acceptors (Lipinski definition) is 5. The van der Waals surface area contributed by atoms with Gasteiger partial charge in [-0.25, -0.2) is 8.42 Å². The second-order valence-corrected chi connectivity index (χ2v) is 10.3. The summed E-state index contributed by atoms with van der Waals surface area (Å²) in [6, 6.07) is 19.0. The van der Waals surface area contributed by atoms with Crippen molar-refractivity contribution in [2.24, 2.45) is 0 Å². The smallest absolute Gasteiger partial charge is 0.264 e. The van der Waals surface area contributed by atoms with Crippen LogP contribution in [0.3, 0.4) is 0 Å². The average Bonchev–Trinajstić information content (AvgIpc) is 2.83. The molecule has 0 fully saturated rings. The number of aryl methyl sites for hydroxylation is 2. The minimum Gasteiger partial charge on any atom is -0.496 e. The van der Waals surface area contributed by atoms with E-state index in [2.05, 4.69) is 5.32 Å². The zero-order valence-electron chi connectivity index (χ0n) is 19.6. The highest BCUT2D eigenvalue weighted by Gasteiger charge is 2.38. The van der Waals surface area contributed by atoms with E-state index in [4.69, 9.17) is 9.47 Å². The Labute approximate surface area is 200 Å². The molecule has 0 aromatic heterocycles. The molecule has 1 aliphatic rings. The molecule has 0 spiro atoms. The number of sulfonamides is 1. The van der Waals surface area contributed by atoms with Crippen LogP contribution in [-0.4, -0.2) is 34.1 Å². The number of methoxy groups -OCH3 is 1. The van der Waals surface area contributed by atoms with E-state index in [1.807, 2.05) is 51.1 Å². The fourth-order valence-corrected chi connectivity index (χ4v) is 5.45. The summed E-state index contributed by atoms with van der Waals surface area (Å²) in [5.74, 6) is 0.603. The average molecular weight is 481 g/mol. The van der Waals surface area contributed by atoms with Crippen molar-refractivity contribution in [3.05, 3.63) is 83.4 Å². The first-order valence-corrected chi connectivity index (χ1v) is 12.4. The minimum atomic E-state index is -3.91. The molecule has 34 heavy (non-hydrogen) atoms. The molecule has 2 atom stereocenters. The number of carbonyl (C=O) groups excluding carboxylic acids is 1. The number of anilines is 1. The van der Waals surface area contributed by atoms with Gasteiger partial charge in [0.15, 0.2) is 6.10 Å². The molecule has 0 radical (unpaired) electrons. The van der Waals surface area contributed by atoms with E-state index in [0.717, 1.165) is 16.7 Å². The number of amides is 1. The van der Waals surface area contributed by atoms with Crippen molar-refractivity contribution >= 4 is 21.6 Å². The van der Waals surface area contributed by atoms with Gasteiger partial charge in [0.05, 0.1) is 30.3 Å². The van der Waals surface area contributed by atoms with Crippen LogP contribution >= 0.6 is 0 Å². The van der Waals surface area contributed by atoms with Crippen LogP contribution in [0.25, 0.3) is 0 Å². The molecule has 4 rings (SSSR count). The SMILES string of the molecule is COc1ccccc1[C@H](C)NC(=O)[C@@H]1CN(S(=O)(=O)c2ccc(C)cc2)c2ccc(C)cc2O1. The lowest BCUT2D eigenvalue weighted by Gasteiger charge is -2.35. The Kier molecular flexibility index (Phi) is 6.52. The van der Waals surface area contributed by atoms with Crippen molar-refractivity contribution < 1.29 is 22.7 Å². The third kappa shape index (κ3) is 4.59. The topological polar surface area (TPSA) is 84.9 Å². The lowest BCUT2D eigenvalue weighted by Crippen LogP contribution is -2.51. The van der Waals surface area contributed by atoms with Crippen molar-refractivity contribution in [3.63, 3.8) is 0 Å². The summed E-state index contributed by atoms with van der Waals surface area (Å²) >= 11 is 0. The van der Waals surface area contributed by atoms with Gasteiger partial charge in [-0.2, -0.15) is 0 Å². The molecule has 8 heteroatoms. The number of fused-ring (bicyclic) bond motifs is 1. The molecule has 0 saturated heterocycles. The van der Waals surface area contributed by atoms with Gasteiger partial charge in [-0.1, -0.05) is 42.0 Å². The first kappa shape index (κ1) is 23.6. The van der Waals surface area contributed by atoms with Gasteiger partial charge in [0.25, 0.3) is 15.9 Å². The van der Waals surface area contributed by atoms with Crippen LogP contribution in [-0.2, 0) is 14.8 Å². The Bertz CT molecular complexity index is 1310. The van der Waals surface area contributed by atoms with Gasteiger partial charge in [0, 0.05) is 5.56 Å². The molecule has 3 aromatic carbocycles. The van der Waals surface area contributed by atoms with Gasteiger partial charge >= 0.3 is 0 Å². The summed E-state index contributed by atoms with van der Waals surface area (Å²) in [7, 11) is -2.34. The minimum absolute atomic E-state index is 0.142.